The summed E-state index contributed by atoms with van der Waals surface area (Å²) in [5.41, 5.74) is 7.50. The molecule has 1 rings (SSSR count). The van der Waals surface area contributed by atoms with Gasteiger partial charge in [-0.2, -0.15) is 0 Å². The third kappa shape index (κ3) is 6.01. The van der Waals surface area contributed by atoms with Gasteiger partial charge in [-0.15, -0.1) is 12.4 Å². The monoisotopic (exact) mass is 330 g/mol. The molecule has 0 saturated heterocycles. The number of methoxy groups -OCH3 is 2. The highest BCUT2D eigenvalue weighted by molar-refractivity contribution is 5.85. The van der Waals surface area contributed by atoms with Gasteiger partial charge in [-0.25, -0.2) is 0 Å². The van der Waals surface area contributed by atoms with Crippen LogP contribution in [-0.4, -0.2) is 45.3 Å². The number of ether oxygens (including phenoxy) is 2. The second kappa shape index (κ2) is 10.2. The van der Waals surface area contributed by atoms with Crippen molar-refractivity contribution in [1.82, 2.24) is 5.32 Å². The van der Waals surface area contributed by atoms with Gasteiger partial charge in [0.15, 0.2) is 0 Å². The van der Waals surface area contributed by atoms with Crippen molar-refractivity contribution in [3.63, 3.8) is 0 Å². The van der Waals surface area contributed by atoms with Crippen LogP contribution in [-0.2, 0) is 19.1 Å². The standard InChI is InChI=1S/C15H22N2O4.ClH/c1-10-4-6-11(7-5-10)12(15(19)21-3)8-17-14(18)13(16)9-20-2;/h4-7,12-13H,8-9,16H2,1-3H3,(H,17,18);1H. The predicted molar refractivity (Wildman–Crippen MR) is 86.0 cm³/mol. The van der Waals surface area contributed by atoms with Crippen LogP contribution < -0.4 is 11.1 Å². The first-order valence-corrected chi connectivity index (χ1v) is 6.66. The number of carbonyl (C=O) groups is 2. The molecule has 0 radical (unpaired) electrons. The van der Waals surface area contributed by atoms with Crippen molar-refractivity contribution in [3.8, 4) is 0 Å². The molecular weight excluding hydrogens is 308 g/mol. The molecule has 0 saturated carbocycles. The van der Waals surface area contributed by atoms with Crippen molar-refractivity contribution in [2.24, 2.45) is 5.73 Å². The van der Waals surface area contributed by atoms with Gasteiger partial charge in [0.05, 0.1) is 19.6 Å². The molecule has 0 fully saturated rings. The molecule has 0 aliphatic rings. The summed E-state index contributed by atoms with van der Waals surface area (Å²) in [5, 5.41) is 2.65. The fourth-order valence-electron chi connectivity index (χ4n) is 1.87. The normalized spacial score (nSPS) is 12.7. The van der Waals surface area contributed by atoms with Crippen molar-refractivity contribution in [2.45, 2.75) is 18.9 Å². The van der Waals surface area contributed by atoms with Crippen LogP contribution >= 0.6 is 12.4 Å². The molecule has 6 nitrogen and oxygen atoms in total. The fourth-order valence-corrected chi connectivity index (χ4v) is 1.87. The maximum absolute atomic E-state index is 11.9. The zero-order chi connectivity index (χ0) is 15.8. The quantitative estimate of drug-likeness (QED) is 0.720. The largest absolute Gasteiger partial charge is 0.468 e. The molecule has 1 aromatic rings. The second-order valence-corrected chi connectivity index (χ2v) is 4.79. The molecular formula is C15H23ClN2O4. The number of aryl methyl sites for hydroxylation is 1. The Kier molecular flexibility index (Phi) is 9.40. The number of hydrogen-bond donors (Lipinski definition) is 2. The Morgan fingerprint density at radius 3 is 2.32 bits per heavy atom. The number of nitrogens with one attached hydrogen (secondary N) is 1. The Bertz CT molecular complexity index is 479. The van der Waals surface area contributed by atoms with E-state index in [-0.39, 0.29) is 31.5 Å². The van der Waals surface area contributed by atoms with Crippen molar-refractivity contribution in [1.29, 1.82) is 0 Å². The van der Waals surface area contributed by atoms with E-state index in [9.17, 15) is 9.59 Å². The van der Waals surface area contributed by atoms with E-state index in [1.165, 1.54) is 14.2 Å². The van der Waals surface area contributed by atoms with Crippen molar-refractivity contribution in [2.75, 3.05) is 27.4 Å². The van der Waals surface area contributed by atoms with Gasteiger partial charge in [0.25, 0.3) is 0 Å². The number of rotatable bonds is 7. The highest BCUT2D eigenvalue weighted by Gasteiger charge is 2.23. The molecule has 124 valence electrons. The Hall–Kier alpha value is -1.63. The van der Waals surface area contributed by atoms with Crippen LogP contribution in [0.2, 0.25) is 0 Å². The molecule has 22 heavy (non-hydrogen) atoms. The van der Waals surface area contributed by atoms with Crippen LogP contribution in [0.15, 0.2) is 24.3 Å². The van der Waals surface area contributed by atoms with E-state index in [1.54, 1.807) is 0 Å². The molecule has 1 aromatic carbocycles. The highest BCUT2D eigenvalue weighted by Crippen LogP contribution is 2.17. The topological polar surface area (TPSA) is 90.6 Å². The Morgan fingerprint density at radius 1 is 1.23 bits per heavy atom. The average Bonchev–Trinajstić information content (AvgIpc) is 2.48. The summed E-state index contributed by atoms with van der Waals surface area (Å²) in [7, 11) is 2.79. The summed E-state index contributed by atoms with van der Waals surface area (Å²) >= 11 is 0. The van der Waals surface area contributed by atoms with Gasteiger partial charge >= 0.3 is 5.97 Å². The maximum atomic E-state index is 11.9. The number of hydrogen-bond acceptors (Lipinski definition) is 5. The van der Waals surface area contributed by atoms with E-state index in [0.29, 0.717) is 0 Å². The minimum atomic E-state index is -0.758. The smallest absolute Gasteiger partial charge is 0.314 e. The van der Waals surface area contributed by atoms with Crippen molar-refractivity contribution in [3.05, 3.63) is 35.4 Å². The Balaban J connectivity index is 0.00000441. The Labute approximate surface area is 136 Å². The Morgan fingerprint density at radius 2 is 1.82 bits per heavy atom. The fraction of sp³-hybridized carbons (Fsp3) is 0.467. The molecule has 3 N–H and O–H groups in total. The van der Waals surface area contributed by atoms with E-state index in [0.717, 1.165) is 11.1 Å². The molecule has 0 spiro atoms. The van der Waals surface area contributed by atoms with E-state index in [1.807, 2.05) is 31.2 Å². The number of carbonyl (C=O) groups excluding carboxylic acids is 2. The third-order valence-electron chi connectivity index (χ3n) is 3.13. The summed E-state index contributed by atoms with van der Waals surface area (Å²) in [6.45, 7) is 2.22. The molecule has 7 heteroatoms. The third-order valence-corrected chi connectivity index (χ3v) is 3.13. The lowest BCUT2D eigenvalue weighted by molar-refractivity contribution is -0.142. The second-order valence-electron chi connectivity index (χ2n) is 4.79. The molecule has 0 aliphatic heterocycles. The molecule has 2 atom stereocenters. The minimum Gasteiger partial charge on any atom is -0.468 e. The molecule has 0 heterocycles. The number of nitrogens with two attached hydrogens (primary N) is 1. The van der Waals surface area contributed by atoms with Crippen LogP contribution in [0.5, 0.6) is 0 Å². The van der Waals surface area contributed by atoms with Gasteiger partial charge in [0, 0.05) is 13.7 Å². The lowest BCUT2D eigenvalue weighted by atomic mass is 9.98. The molecule has 1 amide bonds. The minimum absolute atomic E-state index is 0. The van der Waals surface area contributed by atoms with Gasteiger partial charge in [0.1, 0.15) is 6.04 Å². The number of amides is 1. The van der Waals surface area contributed by atoms with E-state index < -0.39 is 17.9 Å². The summed E-state index contributed by atoms with van der Waals surface area (Å²) in [5.74, 6) is -1.33. The van der Waals surface area contributed by atoms with Crippen LogP contribution in [0.25, 0.3) is 0 Å². The van der Waals surface area contributed by atoms with Crippen LogP contribution in [0.4, 0.5) is 0 Å². The maximum Gasteiger partial charge on any atom is 0.314 e. The number of halogens is 1. The first-order chi connectivity index (χ1) is 9.99. The molecule has 2 unspecified atom stereocenters. The zero-order valence-corrected chi connectivity index (χ0v) is 13.8. The summed E-state index contributed by atoms with van der Waals surface area (Å²) in [6, 6.07) is 6.75. The first kappa shape index (κ1) is 20.4. The summed E-state index contributed by atoms with van der Waals surface area (Å²) in [6.07, 6.45) is 0. The average molecular weight is 331 g/mol. The van der Waals surface area contributed by atoms with Crippen molar-refractivity contribution < 1.29 is 19.1 Å². The summed E-state index contributed by atoms with van der Waals surface area (Å²) < 4.78 is 9.61. The van der Waals surface area contributed by atoms with E-state index in [4.69, 9.17) is 15.2 Å². The molecule has 0 bridgehead atoms. The van der Waals surface area contributed by atoms with Crippen LogP contribution in [0.3, 0.4) is 0 Å². The SMILES string of the molecule is COCC(N)C(=O)NCC(C(=O)OC)c1ccc(C)cc1.Cl. The van der Waals surface area contributed by atoms with Crippen molar-refractivity contribution >= 4 is 24.3 Å². The highest BCUT2D eigenvalue weighted by atomic mass is 35.5. The number of benzene rings is 1. The van der Waals surface area contributed by atoms with Gasteiger partial charge in [-0.05, 0) is 12.5 Å². The lowest BCUT2D eigenvalue weighted by Crippen LogP contribution is -2.45. The molecule has 0 aliphatic carbocycles. The van der Waals surface area contributed by atoms with Gasteiger partial charge in [-0.1, -0.05) is 29.8 Å². The lowest BCUT2D eigenvalue weighted by Gasteiger charge is -2.17. The van der Waals surface area contributed by atoms with Gasteiger partial charge in [0.2, 0.25) is 5.91 Å². The van der Waals surface area contributed by atoms with Gasteiger partial charge in [-0.3, -0.25) is 9.59 Å². The van der Waals surface area contributed by atoms with Crippen LogP contribution in [0, 0.1) is 6.92 Å². The van der Waals surface area contributed by atoms with E-state index >= 15 is 0 Å². The van der Waals surface area contributed by atoms with Crippen LogP contribution in [0.1, 0.15) is 17.0 Å². The zero-order valence-electron chi connectivity index (χ0n) is 13.0. The predicted octanol–water partition coefficient (Wildman–Crippen LogP) is 0.763. The molecule has 0 aromatic heterocycles. The van der Waals surface area contributed by atoms with E-state index in [2.05, 4.69) is 5.32 Å². The summed E-state index contributed by atoms with van der Waals surface area (Å²) in [4.78, 5) is 23.6. The van der Waals surface area contributed by atoms with Gasteiger partial charge < -0.3 is 20.5 Å². The first-order valence-electron chi connectivity index (χ1n) is 6.66. The number of esters is 1.